The highest BCUT2D eigenvalue weighted by molar-refractivity contribution is 6.06. The first-order valence-corrected chi connectivity index (χ1v) is 9.80. The van der Waals surface area contributed by atoms with Gasteiger partial charge in [0.1, 0.15) is 0 Å². The number of hydrogen-bond donors (Lipinski definition) is 2. The van der Waals surface area contributed by atoms with Crippen molar-refractivity contribution in [3.05, 3.63) is 83.9 Å². The summed E-state index contributed by atoms with van der Waals surface area (Å²) in [6, 6.07) is 11.3. The minimum atomic E-state index is -4.41. The van der Waals surface area contributed by atoms with Gasteiger partial charge in [-0.25, -0.2) is 10.5 Å². The fourth-order valence-electron chi connectivity index (χ4n) is 3.54. The maximum Gasteiger partial charge on any atom is 0.416 e. The van der Waals surface area contributed by atoms with E-state index in [1.165, 1.54) is 16.8 Å². The average molecular weight is 451 g/mol. The molecular formula is C22H16F3N7O. The Labute approximate surface area is 184 Å². The molecule has 0 spiro atoms. The predicted molar refractivity (Wildman–Crippen MR) is 114 cm³/mol. The molecule has 0 bridgehead atoms. The lowest BCUT2D eigenvalue weighted by Crippen LogP contribution is -2.36. The second-order valence-corrected chi connectivity index (χ2v) is 7.42. The number of alkyl halides is 3. The monoisotopic (exact) mass is 451 g/mol. The molecule has 0 saturated carbocycles. The average Bonchev–Trinajstić information content (AvgIpc) is 3.47. The number of carbonyl (C=O) groups excluding carboxylic acids is 1. The van der Waals surface area contributed by atoms with Crippen molar-refractivity contribution in [3.8, 4) is 5.69 Å². The molecule has 1 amide bonds. The zero-order valence-electron chi connectivity index (χ0n) is 16.9. The van der Waals surface area contributed by atoms with E-state index in [2.05, 4.69) is 20.3 Å². The quantitative estimate of drug-likeness (QED) is 0.245. The van der Waals surface area contributed by atoms with Crippen LogP contribution in [0.3, 0.4) is 0 Å². The Balaban J connectivity index is 1.34. The number of benzene rings is 2. The van der Waals surface area contributed by atoms with Crippen LogP contribution in [0.5, 0.6) is 0 Å². The standard InChI is InChI=1S/C22H16F3N7O/c23-22(24,25)15-2-4-17(5-3-15)32-8-7-16(30-32)12-31(26)21(33)13-1-6-19-18(9-13)20-14(10-27-19)11-28-29-20/h1-11H,12,26H2,(H,28,29). The third-order valence-corrected chi connectivity index (χ3v) is 5.22. The Morgan fingerprint density at radius 2 is 1.88 bits per heavy atom. The molecule has 0 aliphatic heterocycles. The lowest BCUT2D eigenvalue weighted by molar-refractivity contribution is -0.137. The molecule has 33 heavy (non-hydrogen) atoms. The summed E-state index contributed by atoms with van der Waals surface area (Å²) >= 11 is 0. The fraction of sp³-hybridized carbons (Fsp3) is 0.0909. The smallest absolute Gasteiger partial charge is 0.277 e. The van der Waals surface area contributed by atoms with Crippen LogP contribution >= 0.6 is 0 Å². The first-order chi connectivity index (χ1) is 15.8. The summed E-state index contributed by atoms with van der Waals surface area (Å²) in [5.41, 5.74) is 2.04. The fourth-order valence-corrected chi connectivity index (χ4v) is 3.54. The summed E-state index contributed by atoms with van der Waals surface area (Å²) in [4.78, 5) is 17.2. The molecule has 3 aromatic heterocycles. The van der Waals surface area contributed by atoms with Gasteiger partial charge in [0.05, 0.1) is 40.7 Å². The van der Waals surface area contributed by atoms with Gasteiger partial charge in [-0.1, -0.05) is 0 Å². The van der Waals surface area contributed by atoms with Crippen LogP contribution in [0.4, 0.5) is 13.2 Å². The Morgan fingerprint density at radius 3 is 2.64 bits per heavy atom. The van der Waals surface area contributed by atoms with E-state index in [9.17, 15) is 18.0 Å². The SMILES string of the molecule is NN(Cc1ccn(-c2ccc(C(F)(F)F)cc2)n1)C(=O)c1ccc2ncc3cn[nH]c3c2c1. The first-order valence-electron chi connectivity index (χ1n) is 9.80. The van der Waals surface area contributed by atoms with Gasteiger partial charge in [-0.15, -0.1) is 0 Å². The Kier molecular flexibility index (Phi) is 4.82. The molecule has 3 N–H and O–H groups in total. The van der Waals surface area contributed by atoms with Gasteiger partial charge in [0.25, 0.3) is 5.91 Å². The van der Waals surface area contributed by atoms with E-state index < -0.39 is 17.6 Å². The molecule has 11 heteroatoms. The van der Waals surface area contributed by atoms with Crippen LogP contribution in [0.1, 0.15) is 21.6 Å². The molecule has 0 aliphatic rings. The number of nitrogens with two attached hydrogens (primary N) is 1. The van der Waals surface area contributed by atoms with Crippen LogP contribution in [0, 0.1) is 0 Å². The molecule has 166 valence electrons. The Hall–Kier alpha value is -4.25. The second-order valence-electron chi connectivity index (χ2n) is 7.42. The molecule has 0 saturated heterocycles. The summed E-state index contributed by atoms with van der Waals surface area (Å²) in [5, 5.41) is 13.8. The van der Waals surface area contributed by atoms with Gasteiger partial charge < -0.3 is 0 Å². The number of nitrogens with zero attached hydrogens (tertiary/aromatic N) is 5. The number of amides is 1. The molecule has 0 fully saturated rings. The molecule has 2 aromatic carbocycles. The minimum absolute atomic E-state index is 0.0109. The van der Waals surface area contributed by atoms with Crippen molar-refractivity contribution < 1.29 is 18.0 Å². The van der Waals surface area contributed by atoms with Gasteiger partial charge in [0, 0.05) is 28.7 Å². The van der Waals surface area contributed by atoms with Crippen molar-refractivity contribution in [1.82, 2.24) is 30.0 Å². The summed E-state index contributed by atoms with van der Waals surface area (Å²) in [6.07, 6.45) is 0.534. The Bertz CT molecular complexity index is 1470. The van der Waals surface area contributed by atoms with E-state index in [1.54, 1.807) is 42.9 Å². The molecule has 5 rings (SSSR count). The highest BCUT2D eigenvalue weighted by atomic mass is 19.4. The molecule has 0 aliphatic carbocycles. The number of hydrogen-bond acceptors (Lipinski definition) is 5. The van der Waals surface area contributed by atoms with Crippen LogP contribution in [-0.4, -0.2) is 35.9 Å². The number of aromatic nitrogens is 5. The normalized spacial score (nSPS) is 11.9. The number of nitrogens with one attached hydrogen (secondary N) is 1. The molecule has 0 unspecified atom stereocenters. The van der Waals surface area contributed by atoms with Gasteiger partial charge in [0.15, 0.2) is 0 Å². The molecule has 8 nitrogen and oxygen atoms in total. The van der Waals surface area contributed by atoms with Crippen LogP contribution in [0.15, 0.2) is 67.1 Å². The number of rotatable bonds is 4. The highest BCUT2D eigenvalue weighted by Crippen LogP contribution is 2.29. The van der Waals surface area contributed by atoms with E-state index in [1.807, 2.05) is 0 Å². The van der Waals surface area contributed by atoms with E-state index in [0.29, 0.717) is 22.5 Å². The van der Waals surface area contributed by atoms with Crippen molar-refractivity contribution in [2.75, 3.05) is 0 Å². The number of pyridine rings is 1. The van der Waals surface area contributed by atoms with Crippen LogP contribution < -0.4 is 5.84 Å². The number of fused-ring (bicyclic) bond motifs is 3. The largest absolute Gasteiger partial charge is 0.416 e. The molecule has 3 heterocycles. The van der Waals surface area contributed by atoms with Gasteiger partial charge in [-0.05, 0) is 48.5 Å². The number of halogens is 3. The highest BCUT2D eigenvalue weighted by Gasteiger charge is 2.30. The van der Waals surface area contributed by atoms with E-state index >= 15 is 0 Å². The second kappa shape index (κ2) is 7.71. The maximum absolute atomic E-state index is 12.9. The van der Waals surface area contributed by atoms with Crippen molar-refractivity contribution in [3.63, 3.8) is 0 Å². The van der Waals surface area contributed by atoms with Crippen molar-refractivity contribution in [1.29, 1.82) is 0 Å². The third-order valence-electron chi connectivity index (χ3n) is 5.22. The third kappa shape index (κ3) is 3.89. The lowest BCUT2D eigenvalue weighted by Gasteiger charge is -2.15. The Morgan fingerprint density at radius 1 is 1.09 bits per heavy atom. The minimum Gasteiger partial charge on any atom is -0.277 e. The van der Waals surface area contributed by atoms with Crippen molar-refractivity contribution in [2.45, 2.75) is 12.7 Å². The van der Waals surface area contributed by atoms with Crippen molar-refractivity contribution in [2.24, 2.45) is 5.84 Å². The summed E-state index contributed by atoms with van der Waals surface area (Å²) in [7, 11) is 0. The van der Waals surface area contributed by atoms with E-state index in [4.69, 9.17) is 5.84 Å². The van der Waals surface area contributed by atoms with E-state index in [0.717, 1.165) is 33.4 Å². The maximum atomic E-state index is 12.9. The van der Waals surface area contributed by atoms with Crippen LogP contribution in [0.25, 0.3) is 27.5 Å². The van der Waals surface area contributed by atoms with Gasteiger partial charge in [-0.3, -0.25) is 19.9 Å². The van der Waals surface area contributed by atoms with Gasteiger partial charge in [0.2, 0.25) is 0 Å². The van der Waals surface area contributed by atoms with Gasteiger partial charge in [-0.2, -0.15) is 23.4 Å². The summed E-state index contributed by atoms with van der Waals surface area (Å²) in [5.74, 6) is 5.59. The number of H-pyrrole nitrogens is 1. The number of aromatic amines is 1. The van der Waals surface area contributed by atoms with Gasteiger partial charge >= 0.3 is 6.18 Å². The number of hydrazine groups is 1. The molecule has 5 aromatic rings. The van der Waals surface area contributed by atoms with Crippen LogP contribution in [0.2, 0.25) is 0 Å². The van der Waals surface area contributed by atoms with Crippen LogP contribution in [-0.2, 0) is 12.7 Å². The summed E-state index contributed by atoms with van der Waals surface area (Å²) in [6.45, 7) is 0.0109. The zero-order chi connectivity index (χ0) is 23.2. The number of carbonyl (C=O) groups is 1. The molecule has 0 radical (unpaired) electrons. The van der Waals surface area contributed by atoms with E-state index in [-0.39, 0.29) is 6.54 Å². The zero-order valence-corrected chi connectivity index (χ0v) is 16.9. The van der Waals surface area contributed by atoms with Crippen molar-refractivity contribution >= 4 is 27.7 Å². The predicted octanol–water partition coefficient (Wildman–Crippen LogP) is 3.83. The molecular weight excluding hydrogens is 435 g/mol. The lowest BCUT2D eigenvalue weighted by atomic mass is 10.1. The molecule has 0 atom stereocenters. The topological polar surface area (TPSA) is 106 Å². The summed E-state index contributed by atoms with van der Waals surface area (Å²) < 4.78 is 39.7. The first kappa shape index (κ1) is 20.6.